The minimum atomic E-state index is -0.311. The van der Waals surface area contributed by atoms with Crippen molar-refractivity contribution in [2.24, 2.45) is 0 Å². The maximum Gasteiger partial charge on any atom is 0.259 e. The van der Waals surface area contributed by atoms with Crippen molar-refractivity contribution in [2.75, 3.05) is 40.4 Å². The van der Waals surface area contributed by atoms with Gasteiger partial charge in [0.15, 0.2) is 0 Å². The number of carbonyl (C=O) groups excluding carboxylic acids is 1. The molecule has 1 saturated heterocycles. The number of pyridine rings is 1. The van der Waals surface area contributed by atoms with Crippen LogP contribution < -0.4 is 14.9 Å². The maximum atomic E-state index is 14.1. The molecular weight excluding hydrogens is 485 g/mol. The molecule has 0 spiro atoms. The molecule has 202 valence electrons. The van der Waals surface area contributed by atoms with Gasteiger partial charge in [-0.05, 0) is 49.6 Å². The van der Waals surface area contributed by atoms with Gasteiger partial charge in [-0.15, -0.1) is 0 Å². The van der Waals surface area contributed by atoms with E-state index in [4.69, 9.17) is 9.47 Å². The van der Waals surface area contributed by atoms with Gasteiger partial charge >= 0.3 is 0 Å². The Bertz CT molecular complexity index is 1310. The van der Waals surface area contributed by atoms with E-state index in [-0.39, 0.29) is 22.7 Å². The third kappa shape index (κ3) is 5.75. The number of hydrogen-bond acceptors (Lipinski definition) is 5. The number of H-pyrrole nitrogens is 1. The highest BCUT2D eigenvalue weighted by Crippen LogP contribution is 2.38. The summed E-state index contributed by atoms with van der Waals surface area (Å²) in [7, 11) is 3.12. The van der Waals surface area contributed by atoms with Crippen LogP contribution in [-0.4, -0.2) is 61.1 Å². The molecule has 1 aliphatic rings. The van der Waals surface area contributed by atoms with Crippen LogP contribution in [0.3, 0.4) is 0 Å². The number of amides is 1. The predicted molar refractivity (Wildman–Crippen MR) is 147 cm³/mol. The molecule has 0 unspecified atom stereocenters. The van der Waals surface area contributed by atoms with Crippen molar-refractivity contribution >= 4 is 5.91 Å². The number of piperazine rings is 1. The Morgan fingerprint density at radius 2 is 1.61 bits per heavy atom. The first-order chi connectivity index (χ1) is 18.4. The maximum absolute atomic E-state index is 14.1. The molecule has 2 aromatic carbocycles. The summed E-state index contributed by atoms with van der Waals surface area (Å²) in [4.78, 5) is 35.2. The van der Waals surface area contributed by atoms with Crippen molar-refractivity contribution < 1.29 is 18.7 Å². The molecule has 1 fully saturated rings. The summed E-state index contributed by atoms with van der Waals surface area (Å²) in [5.41, 5.74) is 3.19. The number of aromatic nitrogens is 1. The fourth-order valence-electron chi connectivity index (χ4n) is 5.06. The van der Waals surface area contributed by atoms with Crippen LogP contribution in [0.2, 0.25) is 0 Å². The number of nitrogens with zero attached hydrogens (tertiary/aromatic N) is 2. The number of hydrogen-bond donors (Lipinski definition) is 1. The van der Waals surface area contributed by atoms with Crippen LogP contribution in [0.15, 0.2) is 47.3 Å². The van der Waals surface area contributed by atoms with Crippen LogP contribution in [0, 0.1) is 12.7 Å². The van der Waals surface area contributed by atoms with Crippen molar-refractivity contribution in [1.82, 2.24) is 14.8 Å². The van der Waals surface area contributed by atoms with Crippen LogP contribution in [-0.2, 0) is 13.0 Å². The Morgan fingerprint density at radius 3 is 2.18 bits per heavy atom. The van der Waals surface area contributed by atoms with E-state index in [9.17, 15) is 14.0 Å². The third-order valence-electron chi connectivity index (χ3n) is 7.12. The molecule has 2 heterocycles. The van der Waals surface area contributed by atoms with Gasteiger partial charge in [0.05, 0.1) is 25.3 Å². The van der Waals surface area contributed by atoms with E-state index in [0.29, 0.717) is 67.5 Å². The first-order valence-corrected chi connectivity index (χ1v) is 13.1. The highest BCUT2D eigenvalue weighted by atomic mass is 19.1. The second-order valence-corrected chi connectivity index (χ2v) is 9.64. The Morgan fingerprint density at radius 1 is 0.974 bits per heavy atom. The Kier molecular flexibility index (Phi) is 8.84. The lowest BCUT2D eigenvalue weighted by atomic mass is 9.95. The number of aryl methyl sites for hydroxylation is 2. The second kappa shape index (κ2) is 12.3. The number of carbonyl (C=O) groups is 1. The van der Waals surface area contributed by atoms with Crippen LogP contribution in [0.1, 0.15) is 47.1 Å². The third-order valence-corrected chi connectivity index (χ3v) is 7.12. The molecule has 0 aliphatic carbocycles. The molecule has 1 aliphatic heterocycles. The highest BCUT2D eigenvalue weighted by molar-refractivity contribution is 5.97. The van der Waals surface area contributed by atoms with E-state index in [1.807, 2.05) is 6.07 Å². The molecule has 8 heteroatoms. The summed E-state index contributed by atoms with van der Waals surface area (Å²) in [6.07, 6.45) is 2.52. The van der Waals surface area contributed by atoms with Crippen molar-refractivity contribution in [3.8, 4) is 22.6 Å². The molecule has 7 nitrogen and oxygen atoms in total. The summed E-state index contributed by atoms with van der Waals surface area (Å²) in [5.74, 6) is 0.506. The molecule has 1 amide bonds. The zero-order valence-electron chi connectivity index (χ0n) is 22.6. The van der Waals surface area contributed by atoms with Crippen molar-refractivity contribution in [1.29, 1.82) is 0 Å². The molecule has 1 N–H and O–H groups in total. The number of unbranched alkanes of at least 4 members (excludes halogenated alkanes) is 1. The number of nitrogens with one attached hydrogen (secondary N) is 1. The molecule has 4 rings (SSSR count). The fraction of sp³-hybridized carbons (Fsp3) is 0.400. The molecule has 0 atom stereocenters. The van der Waals surface area contributed by atoms with E-state index in [2.05, 4.69) is 16.8 Å². The van der Waals surface area contributed by atoms with Crippen LogP contribution in [0.4, 0.5) is 4.39 Å². The number of ether oxygens (including phenoxy) is 2. The first-order valence-electron chi connectivity index (χ1n) is 13.1. The predicted octanol–water partition coefficient (Wildman–Crippen LogP) is 4.81. The largest absolute Gasteiger partial charge is 0.496 e. The summed E-state index contributed by atoms with van der Waals surface area (Å²) >= 11 is 0. The minimum Gasteiger partial charge on any atom is -0.496 e. The van der Waals surface area contributed by atoms with Crippen molar-refractivity contribution in [2.45, 2.75) is 39.7 Å². The monoisotopic (exact) mass is 521 g/mol. The van der Waals surface area contributed by atoms with Gasteiger partial charge in [-0.25, -0.2) is 4.39 Å². The van der Waals surface area contributed by atoms with Crippen molar-refractivity contribution in [3.63, 3.8) is 0 Å². The van der Waals surface area contributed by atoms with Gasteiger partial charge in [-0.3, -0.25) is 14.5 Å². The van der Waals surface area contributed by atoms with Crippen LogP contribution in [0.5, 0.6) is 11.5 Å². The highest BCUT2D eigenvalue weighted by Gasteiger charge is 2.29. The zero-order valence-corrected chi connectivity index (χ0v) is 22.6. The molecule has 38 heavy (non-hydrogen) atoms. The lowest BCUT2D eigenvalue weighted by Gasteiger charge is -2.35. The van der Waals surface area contributed by atoms with Gasteiger partial charge in [0.2, 0.25) is 5.43 Å². The molecule has 0 saturated carbocycles. The average molecular weight is 522 g/mol. The summed E-state index contributed by atoms with van der Waals surface area (Å²) in [5, 5.41) is 0. The normalized spacial score (nSPS) is 14.0. The van der Waals surface area contributed by atoms with Gasteiger partial charge in [-0.1, -0.05) is 31.5 Å². The number of methoxy groups -OCH3 is 2. The standard InChI is InChI=1S/C30H36FN3O4/c1-5-6-8-23-27(28-24(37-3)9-7-10-25(28)38-4)29(35)26(20(2)32-23)30(36)34-17-15-33(16-18-34)19-21-11-13-22(31)14-12-21/h7,9-14H,5-6,8,15-19H2,1-4H3,(H,32,35). The quantitative estimate of drug-likeness (QED) is 0.438. The summed E-state index contributed by atoms with van der Waals surface area (Å²) in [6, 6.07) is 11.9. The molecule has 0 bridgehead atoms. The topological polar surface area (TPSA) is 74.9 Å². The van der Waals surface area contributed by atoms with Crippen LogP contribution in [0.25, 0.3) is 11.1 Å². The van der Waals surface area contributed by atoms with Gasteiger partial charge < -0.3 is 19.4 Å². The first kappa shape index (κ1) is 27.4. The summed E-state index contributed by atoms with van der Waals surface area (Å²) in [6.45, 7) is 6.92. The van der Waals surface area contributed by atoms with Gasteiger partial charge in [0, 0.05) is 44.1 Å². The van der Waals surface area contributed by atoms with E-state index < -0.39 is 0 Å². The summed E-state index contributed by atoms with van der Waals surface area (Å²) < 4.78 is 24.5. The van der Waals surface area contributed by atoms with E-state index in [1.54, 1.807) is 50.3 Å². The second-order valence-electron chi connectivity index (χ2n) is 9.64. The van der Waals surface area contributed by atoms with Gasteiger partial charge in [0.1, 0.15) is 22.9 Å². The Labute approximate surface area is 223 Å². The number of aromatic amines is 1. The SMILES string of the molecule is CCCCc1[nH]c(C)c(C(=O)N2CCN(Cc3ccc(F)cc3)CC2)c(=O)c1-c1c(OC)cccc1OC. The Balaban J connectivity index is 1.65. The van der Waals surface area contributed by atoms with Gasteiger partial charge in [0.25, 0.3) is 5.91 Å². The van der Waals surface area contributed by atoms with Crippen LogP contribution >= 0.6 is 0 Å². The number of halogens is 1. The van der Waals surface area contributed by atoms with E-state index in [0.717, 1.165) is 24.1 Å². The molecular formula is C30H36FN3O4. The van der Waals surface area contributed by atoms with Gasteiger partial charge in [-0.2, -0.15) is 0 Å². The zero-order chi connectivity index (χ0) is 27.2. The smallest absolute Gasteiger partial charge is 0.259 e. The lowest BCUT2D eigenvalue weighted by molar-refractivity contribution is 0.0626. The molecule has 1 aromatic heterocycles. The number of benzene rings is 2. The van der Waals surface area contributed by atoms with E-state index >= 15 is 0 Å². The fourth-order valence-corrected chi connectivity index (χ4v) is 5.06. The van der Waals surface area contributed by atoms with Crippen molar-refractivity contribution in [3.05, 3.63) is 81.0 Å². The molecule has 3 aromatic rings. The molecule has 0 radical (unpaired) electrons. The van der Waals surface area contributed by atoms with E-state index in [1.165, 1.54) is 12.1 Å². The number of rotatable bonds is 9. The lowest BCUT2D eigenvalue weighted by Crippen LogP contribution is -2.49. The average Bonchev–Trinajstić information content (AvgIpc) is 2.93. The minimum absolute atomic E-state index is 0.153. The Hall–Kier alpha value is -3.65.